The molecule has 0 atom stereocenters. The summed E-state index contributed by atoms with van der Waals surface area (Å²) >= 11 is 5.81. The molecule has 2 aromatic rings. The fourth-order valence-electron chi connectivity index (χ4n) is 2.73. The van der Waals surface area contributed by atoms with E-state index in [1.807, 2.05) is 0 Å². The zero-order chi connectivity index (χ0) is 16.2. The highest BCUT2D eigenvalue weighted by Crippen LogP contribution is 2.24. The molecule has 5 nitrogen and oxygen atoms in total. The third-order valence-electron chi connectivity index (χ3n) is 4.04. The van der Waals surface area contributed by atoms with Crippen molar-refractivity contribution < 1.29 is 0 Å². The van der Waals surface area contributed by atoms with Crippen LogP contribution in [-0.2, 0) is 13.0 Å². The number of fused-ring (bicyclic) bond motifs is 1. The van der Waals surface area contributed by atoms with Crippen LogP contribution < -0.4 is 5.32 Å². The zero-order valence-electron chi connectivity index (χ0n) is 13.6. The van der Waals surface area contributed by atoms with Crippen molar-refractivity contribution in [2.45, 2.75) is 13.0 Å². The largest absolute Gasteiger partial charge is 0.324 e. The second-order valence-corrected chi connectivity index (χ2v) is 6.60. The Hall–Kier alpha value is -1.69. The molecule has 0 saturated heterocycles. The van der Waals surface area contributed by atoms with Gasteiger partial charge in [-0.05, 0) is 43.8 Å². The maximum atomic E-state index is 5.81. The number of halogens is 1. The summed E-state index contributed by atoms with van der Waals surface area (Å²) < 4.78 is 0. The van der Waals surface area contributed by atoms with Gasteiger partial charge in [-0.2, -0.15) is 0 Å². The van der Waals surface area contributed by atoms with E-state index in [0.717, 1.165) is 38.3 Å². The van der Waals surface area contributed by atoms with Crippen LogP contribution in [0.15, 0.2) is 30.6 Å². The second-order valence-electron chi connectivity index (χ2n) is 6.16. The van der Waals surface area contributed by atoms with Crippen molar-refractivity contribution in [1.82, 2.24) is 19.8 Å². The normalized spacial score (nSPS) is 14.8. The third kappa shape index (κ3) is 4.41. The van der Waals surface area contributed by atoms with Gasteiger partial charge < -0.3 is 10.2 Å². The summed E-state index contributed by atoms with van der Waals surface area (Å²) in [6.07, 6.45) is 4.27. The smallest absolute Gasteiger partial charge is 0.227 e. The summed E-state index contributed by atoms with van der Waals surface area (Å²) in [6.45, 7) is 4.36. The molecule has 0 fully saturated rings. The van der Waals surface area contributed by atoms with Gasteiger partial charge in [-0.1, -0.05) is 17.7 Å². The highest BCUT2D eigenvalue weighted by Gasteiger charge is 2.16. The number of hydrogen-bond donors (Lipinski definition) is 1. The zero-order valence-corrected chi connectivity index (χ0v) is 14.3. The number of nitrogens with one attached hydrogen (secondary N) is 1. The number of benzene rings is 1. The number of likely N-dealkylation sites (N-methyl/N-ethyl adjacent to an activating group) is 1. The van der Waals surface area contributed by atoms with Crippen LogP contribution in [0.4, 0.5) is 11.6 Å². The highest BCUT2D eigenvalue weighted by molar-refractivity contribution is 6.30. The lowest BCUT2D eigenvalue weighted by molar-refractivity contribution is 0.225. The molecule has 3 rings (SSSR count). The van der Waals surface area contributed by atoms with Crippen LogP contribution in [-0.4, -0.2) is 53.5 Å². The number of aromatic nitrogens is 2. The van der Waals surface area contributed by atoms with Gasteiger partial charge in [-0.15, -0.1) is 0 Å². The Morgan fingerprint density at radius 1 is 1.22 bits per heavy atom. The van der Waals surface area contributed by atoms with E-state index in [9.17, 15) is 0 Å². The minimum atomic E-state index is 0.541. The lowest BCUT2D eigenvalue weighted by atomic mass is 9.99. The van der Waals surface area contributed by atoms with Crippen LogP contribution in [0, 0.1) is 0 Å². The average Bonchev–Trinajstić information content (AvgIpc) is 2.55. The van der Waals surface area contributed by atoms with Crippen molar-refractivity contribution in [3.05, 3.63) is 46.7 Å². The fourth-order valence-corrected chi connectivity index (χ4v) is 2.82. The van der Waals surface area contributed by atoms with Gasteiger partial charge in [0.25, 0.3) is 0 Å². The molecular weight excluding hydrogens is 310 g/mol. The highest BCUT2D eigenvalue weighted by atomic mass is 35.5. The van der Waals surface area contributed by atoms with Gasteiger partial charge in [0.2, 0.25) is 5.95 Å². The predicted molar refractivity (Wildman–Crippen MR) is 94.3 cm³/mol. The molecule has 1 aliphatic rings. The fraction of sp³-hybridized carbons (Fsp3) is 0.412. The third-order valence-corrected chi connectivity index (χ3v) is 4.23. The monoisotopic (exact) mass is 331 g/mol. The van der Waals surface area contributed by atoms with Gasteiger partial charge >= 0.3 is 0 Å². The van der Waals surface area contributed by atoms with Crippen LogP contribution in [0.3, 0.4) is 0 Å². The molecule has 0 unspecified atom stereocenters. The summed E-state index contributed by atoms with van der Waals surface area (Å²) in [5, 5.41) is 3.77. The first-order chi connectivity index (χ1) is 11.1. The van der Waals surface area contributed by atoms with E-state index in [1.165, 1.54) is 11.1 Å². The minimum Gasteiger partial charge on any atom is -0.324 e. The molecule has 0 radical (unpaired) electrons. The van der Waals surface area contributed by atoms with E-state index < -0.39 is 0 Å². The van der Waals surface area contributed by atoms with Crippen molar-refractivity contribution in [3.63, 3.8) is 0 Å². The summed E-state index contributed by atoms with van der Waals surface area (Å²) in [5.41, 5.74) is 3.84. The van der Waals surface area contributed by atoms with Crippen LogP contribution in [0.5, 0.6) is 0 Å². The van der Waals surface area contributed by atoms with Crippen LogP contribution >= 0.6 is 11.6 Å². The lowest BCUT2D eigenvalue weighted by Crippen LogP contribution is -2.35. The molecule has 0 saturated carbocycles. The van der Waals surface area contributed by atoms with Gasteiger partial charge in [-0.25, -0.2) is 9.97 Å². The van der Waals surface area contributed by atoms with Crippen LogP contribution in [0.25, 0.3) is 0 Å². The molecule has 0 spiro atoms. The van der Waals surface area contributed by atoms with Gasteiger partial charge in [0.1, 0.15) is 0 Å². The van der Waals surface area contributed by atoms with Gasteiger partial charge in [-0.3, -0.25) is 4.90 Å². The Balaban J connectivity index is 1.65. The quantitative estimate of drug-likeness (QED) is 0.912. The molecule has 1 aliphatic heterocycles. The van der Waals surface area contributed by atoms with Crippen molar-refractivity contribution in [2.24, 2.45) is 0 Å². The van der Waals surface area contributed by atoms with E-state index >= 15 is 0 Å². The maximum Gasteiger partial charge on any atom is 0.227 e. The molecule has 122 valence electrons. The van der Waals surface area contributed by atoms with E-state index in [1.54, 1.807) is 12.4 Å². The molecule has 0 bridgehead atoms. The van der Waals surface area contributed by atoms with E-state index in [-0.39, 0.29) is 0 Å². The second kappa shape index (κ2) is 7.25. The van der Waals surface area contributed by atoms with Gasteiger partial charge in [0, 0.05) is 31.9 Å². The van der Waals surface area contributed by atoms with Crippen molar-refractivity contribution in [1.29, 1.82) is 0 Å². The van der Waals surface area contributed by atoms with Crippen molar-refractivity contribution in [3.8, 4) is 0 Å². The van der Waals surface area contributed by atoms with Crippen LogP contribution in [0.1, 0.15) is 11.1 Å². The molecular formula is C17H22ClN5. The lowest BCUT2D eigenvalue weighted by Gasteiger charge is -2.30. The number of rotatable bonds is 5. The maximum absolute atomic E-state index is 5.81. The summed E-state index contributed by atoms with van der Waals surface area (Å²) in [4.78, 5) is 13.1. The number of anilines is 2. The number of hydrogen-bond acceptors (Lipinski definition) is 5. The first-order valence-corrected chi connectivity index (χ1v) is 8.21. The van der Waals surface area contributed by atoms with E-state index in [0.29, 0.717) is 11.0 Å². The molecule has 1 aromatic carbocycles. The molecule has 0 amide bonds. The SMILES string of the molecule is CN(C)CCN1CCc2cc(Nc3ncc(Cl)cn3)ccc2C1. The molecule has 1 N–H and O–H groups in total. The Morgan fingerprint density at radius 3 is 2.74 bits per heavy atom. The Kier molecular flexibility index (Phi) is 5.10. The predicted octanol–water partition coefficient (Wildman–Crippen LogP) is 2.79. The summed E-state index contributed by atoms with van der Waals surface area (Å²) in [5.74, 6) is 0.567. The molecule has 6 heteroatoms. The van der Waals surface area contributed by atoms with Gasteiger partial charge in [0.05, 0.1) is 17.4 Å². The molecule has 0 aliphatic carbocycles. The van der Waals surface area contributed by atoms with E-state index in [2.05, 4.69) is 57.4 Å². The topological polar surface area (TPSA) is 44.3 Å². The Bertz CT molecular complexity index is 657. The number of nitrogens with zero attached hydrogens (tertiary/aromatic N) is 4. The molecule has 1 aromatic heterocycles. The van der Waals surface area contributed by atoms with Crippen LogP contribution in [0.2, 0.25) is 5.02 Å². The molecule has 23 heavy (non-hydrogen) atoms. The van der Waals surface area contributed by atoms with Gasteiger partial charge in [0.15, 0.2) is 0 Å². The van der Waals surface area contributed by atoms with Crippen molar-refractivity contribution >= 4 is 23.2 Å². The standard InChI is InChI=1S/C17H22ClN5/c1-22(2)7-8-23-6-5-13-9-16(4-3-14(13)12-23)21-17-19-10-15(18)11-20-17/h3-4,9-11H,5-8,12H2,1-2H3,(H,19,20,21). The Labute approximate surface area is 142 Å². The summed E-state index contributed by atoms with van der Waals surface area (Å²) in [7, 11) is 4.24. The first-order valence-electron chi connectivity index (χ1n) is 7.83. The van der Waals surface area contributed by atoms with Crippen molar-refractivity contribution in [2.75, 3.05) is 39.0 Å². The average molecular weight is 332 g/mol. The minimum absolute atomic E-state index is 0.541. The Morgan fingerprint density at radius 2 is 2.00 bits per heavy atom. The first kappa shape index (κ1) is 16.2. The summed E-state index contributed by atoms with van der Waals surface area (Å²) in [6, 6.07) is 6.50. The van der Waals surface area contributed by atoms with E-state index in [4.69, 9.17) is 11.6 Å². The molecule has 2 heterocycles.